The summed E-state index contributed by atoms with van der Waals surface area (Å²) < 4.78 is 23.2. The van der Waals surface area contributed by atoms with Crippen molar-refractivity contribution in [2.75, 3.05) is 0 Å². The number of carbonyl (C=O) groups is 1. The molecule has 2 aromatic carbocycles. The van der Waals surface area contributed by atoms with Crippen molar-refractivity contribution in [1.29, 1.82) is 0 Å². The number of esters is 1. The molecular formula is C16H10FIN2O2S. The lowest BCUT2D eigenvalue weighted by Gasteiger charge is -2.06. The first kappa shape index (κ1) is 16.0. The fourth-order valence-electron chi connectivity index (χ4n) is 1.95. The van der Waals surface area contributed by atoms with Crippen LogP contribution in [0.3, 0.4) is 0 Å². The molecule has 0 aliphatic heterocycles. The maximum atomic E-state index is 13.0. The van der Waals surface area contributed by atoms with Gasteiger partial charge in [0, 0.05) is 14.7 Å². The molecule has 0 fully saturated rings. The molecule has 4 nitrogen and oxygen atoms in total. The fraction of sp³-hybridized carbons (Fsp3) is 0.0625. The second-order valence-electron chi connectivity index (χ2n) is 4.63. The molecule has 1 heterocycles. The Bertz CT molecular complexity index is 836. The van der Waals surface area contributed by atoms with Crippen LogP contribution < -0.4 is 0 Å². The summed E-state index contributed by atoms with van der Waals surface area (Å²) in [6, 6.07) is 13.4. The van der Waals surface area contributed by atoms with Gasteiger partial charge in [-0.3, -0.25) is 0 Å². The molecule has 116 valence electrons. The molecule has 7 heteroatoms. The summed E-state index contributed by atoms with van der Waals surface area (Å²) in [5.74, 6) is -0.835. The van der Waals surface area contributed by atoms with Gasteiger partial charge in [-0.1, -0.05) is 22.7 Å². The van der Waals surface area contributed by atoms with Crippen molar-refractivity contribution in [3.05, 3.63) is 68.4 Å². The largest absolute Gasteiger partial charge is 0.456 e. The lowest BCUT2D eigenvalue weighted by Crippen LogP contribution is -2.05. The zero-order chi connectivity index (χ0) is 16.2. The number of halogens is 2. The average molecular weight is 440 g/mol. The van der Waals surface area contributed by atoms with Gasteiger partial charge in [-0.05, 0) is 64.5 Å². The van der Waals surface area contributed by atoms with Gasteiger partial charge in [0.1, 0.15) is 18.1 Å². The van der Waals surface area contributed by atoms with Gasteiger partial charge in [-0.25, -0.2) is 9.18 Å². The summed E-state index contributed by atoms with van der Waals surface area (Å²) in [6.07, 6.45) is 0. The quantitative estimate of drug-likeness (QED) is 0.449. The van der Waals surface area contributed by atoms with Crippen molar-refractivity contribution >= 4 is 40.1 Å². The van der Waals surface area contributed by atoms with Crippen LogP contribution in [-0.4, -0.2) is 15.6 Å². The third-order valence-electron chi connectivity index (χ3n) is 3.11. The normalized spacial score (nSPS) is 10.5. The van der Waals surface area contributed by atoms with Crippen LogP contribution in [0.25, 0.3) is 11.3 Å². The molecular weight excluding hydrogens is 430 g/mol. The molecule has 0 N–H and O–H groups in total. The highest BCUT2D eigenvalue weighted by atomic mass is 127. The van der Waals surface area contributed by atoms with E-state index in [2.05, 4.69) is 32.2 Å². The zero-order valence-electron chi connectivity index (χ0n) is 11.7. The Balaban J connectivity index is 1.77. The van der Waals surface area contributed by atoms with E-state index in [0.29, 0.717) is 16.1 Å². The second-order valence-corrected chi connectivity index (χ2v) is 6.54. The molecule has 0 saturated heterocycles. The highest BCUT2D eigenvalue weighted by Gasteiger charge is 2.19. The predicted molar refractivity (Wildman–Crippen MR) is 93.6 cm³/mol. The SMILES string of the molecule is O=C(OCc1ccccc1I)c1snnc1-c1ccc(F)cc1. The number of hydrogen-bond donors (Lipinski definition) is 0. The molecule has 0 unspecified atom stereocenters. The van der Waals surface area contributed by atoms with Gasteiger partial charge in [0.15, 0.2) is 4.88 Å². The van der Waals surface area contributed by atoms with Gasteiger partial charge >= 0.3 is 5.97 Å². The number of carbonyl (C=O) groups excluding carboxylic acids is 1. The summed E-state index contributed by atoms with van der Waals surface area (Å²) in [7, 11) is 0. The molecule has 0 atom stereocenters. The molecule has 1 aromatic heterocycles. The summed E-state index contributed by atoms with van der Waals surface area (Å²) >= 11 is 3.16. The van der Waals surface area contributed by atoms with Gasteiger partial charge in [-0.2, -0.15) is 0 Å². The van der Waals surface area contributed by atoms with Crippen molar-refractivity contribution in [1.82, 2.24) is 9.59 Å². The first-order valence-electron chi connectivity index (χ1n) is 6.64. The zero-order valence-corrected chi connectivity index (χ0v) is 14.7. The Morgan fingerprint density at radius 2 is 1.91 bits per heavy atom. The topological polar surface area (TPSA) is 52.1 Å². The molecule has 0 bridgehead atoms. The molecule has 0 spiro atoms. The maximum Gasteiger partial charge on any atom is 0.352 e. The lowest BCUT2D eigenvalue weighted by molar-refractivity contribution is 0.0478. The van der Waals surface area contributed by atoms with E-state index in [0.717, 1.165) is 20.7 Å². The minimum absolute atomic E-state index is 0.179. The monoisotopic (exact) mass is 440 g/mol. The average Bonchev–Trinajstić information content (AvgIpc) is 3.04. The molecule has 23 heavy (non-hydrogen) atoms. The Hall–Kier alpha value is -1.87. The van der Waals surface area contributed by atoms with Crippen LogP contribution in [0, 0.1) is 9.39 Å². The molecule has 0 saturated carbocycles. The van der Waals surface area contributed by atoms with Crippen LogP contribution in [0.15, 0.2) is 48.5 Å². The number of benzene rings is 2. The Kier molecular flexibility index (Phi) is 4.97. The smallest absolute Gasteiger partial charge is 0.352 e. The van der Waals surface area contributed by atoms with Crippen LogP contribution in [0.1, 0.15) is 15.2 Å². The van der Waals surface area contributed by atoms with E-state index in [1.54, 1.807) is 12.1 Å². The minimum Gasteiger partial charge on any atom is -0.456 e. The number of nitrogens with zero attached hydrogens (tertiary/aromatic N) is 2. The fourth-order valence-corrected chi connectivity index (χ4v) is 3.07. The van der Waals surface area contributed by atoms with Crippen LogP contribution in [0.5, 0.6) is 0 Å². The van der Waals surface area contributed by atoms with Gasteiger partial charge < -0.3 is 4.74 Å². The molecule has 0 amide bonds. The molecule has 3 aromatic rings. The number of ether oxygens (including phenoxy) is 1. The van der Waals surface area contributed by atoms with Crippen LogP contribution >= 0.6 is 34.1 Å². The van der Waals surface area contributed by atoms with Crippen LogP contribution in [0.2, 0.25) is 0 Å². The van der Waals surface area contributed by atoms with Crippen molar-refractivity contribution in [3.8, 4) is 11.3 Å². The minimum atomic E-state index is -0.487. The third kappa shape index (κ3) is 3.73. The maximum absolute atomic E-state index is 13.0. The van der Waals surface area contributed by atoms with Gasteiger partial charge in [0.25, 0.3) is 0 Å². The third-order valence-corrected chi connectivity index (χ3v) is 4.87. The van der Waals surface area contributed by atoms with E-state index in [-0.39, 0.29) is 12.4 Å². The first-order valence-corrected chi connectivity index (χ1v) is 8.49. The highest BCUT2D eigenvalue weighted by Crippen LogP contribution is 2.25. The van der Waals surface area contributed by atoms with Crippen LogP contribution in [0.4, 0.5) is 4.39 Å². The number of rotatable bonds is 4. The van der Waals surface area contributed by atoms with Crippen LogP contribution in [-0.2, 0) is 11.3 Å². The lowest BCUT2D eigenvalue weighted by atomic mass is 10.1. The van der Waals surface area contributed by atoms with E-state index in [1.807, 2.05) is 24.3 Å². The molecule has 0 aliphatic rings. The first-order chi connectivity index (χ1) is 11.1. The van der Waals surface area contributed by atoms with E-state index in [4.69, 9.17) is 4.74 Å². The van der Waals surface area contributed by atoms with Crippen molar-refractivity contribution in [2.24, 2.45) is 0 Å². The Labute approximate surface area is 149 Å². The van der Waals surface area contributed by atoms with Crippen molar-refractivity contribution in [2.45, 2.75) is 6.61 Å². The van der Waals surface area contributed by atoms with Gasteiger partial charge in [-0.15, -0.1) is 5.10 Å². The second kappa shape index (κ2) is 7.14. The predicted octanol–water partition coefficient (Wildman–Crippen LogP) is 4.31. The summed E-state index contributed by atoms with van der Waals surface area (Å²) in [5.41, 5.74) is 1.96. The van der Waals surface area contributed by atoms with E-state index in [9.17, 15) is 9.18 Å². The summed E-state index contributed by atoms with van der Waals surface area (Å²) in [4.78, 5) is 12.6. The van der Waals surface area contributed by atoms with Gasteiger partial charge in [0.2, 0.25) is 0 Å². The molecule has 3 rings (SSSR count). The number of hydrogen-bond acceptors (Lipinski definition) is 5. The molecule has 0 aliphatic carbocycles. The van der Waals surface area contributed by atoms with Crippen molar-refractivity contribution in [3.63, 3.8) is 0 Å². The van der Waals surface area contributed by atoms with Crippen molar-refractivity contribution < 1.29 is 13.9 Å². The van der Waals surface area contributed by atoms with Gasteiger partial charge in [0.05, 0.1) is 0 Å². The highest BCUT2D eigenvalue weighted by molar-refractivity contribution is 14.1. The van der Waals surface area contributed by atoms with E-state index < -0.39 is 5.97 Å². The summed E-state index contributed by atoms with van der Waals surface area (Å²) in [6.45, 7) is 0.179. The Morgan fingerprint density at radius 1 is 1.17 bits per heavy atom. The van der Waals surface area contributed by atoms with E-state index in [1.165, 1.54) is 12.1 Å². The number of aromatic nitrogens is 2. The van der Waals surface area contributed by atoms with E-state index >= 15 is 0 Å². The molecule has 0 radical (unpaired) electrons. The summed E-state index contributed by atoms with van der Waals surface area (Å²) in [5, 5.41) is 3.95. The standard InChI is InChI=1S/C16H10FIN2O2S/c17-12-7-5-10(6-8-12)14-15(23-20-19-14)16(21)22-9-11-3-1-2-4-13(11)18/h1-8H,9H2. The Morgan fingerprint density at radius 3 is 2.65 bits per heavy atom.